The summed E-state index contributed by atoms with van der Waals surface area (Å²) >= 11 is 0. The van der Waals surface area contributed by atoms with Gasteiger partial charge in [-0.2, -0.15) is 0 Å². The van der Waals surface area contributed by atoms with Gasteiger partial charge in [-0.3, -0.25) is 0 Å². The van der Waals surface area contributed by atoms with Crippen LogP contribution in [0.1, 0.15) is 35.8 Å². The molecule has 0 bridgehead atoms. The summed E-state index contributed by atoms with van der Waals surface area (Å²) in [5.74, 6) is 0.974. The normalized spacial score (nSPS) is 19.1. The molecule has 0 saturated carbocycles. The smallest absolute Gasteiger partial charge is 0.142 e. The van der Waals surface area contributed by atoms with E-state index in [0.29, 0.717) is 0 Å². The highest BCUT2D eigenvalue weighted by Gasteiger charge is 2.26. The highest BCUT2D eigenvalue weighted by molar-refractivity contribution is 5.67. The van der Waals surface area contributed by atoms with E-state index in [1.54, 1.807) is 0 Å². The predicted octanol–water partition coefficient (Wildman–Crippen LogP) is 2.99. The van der Waals surface area contributed by atoms with Gasteiger partial charge in [-0.05, 0) is 25.3 Å². The van der Waals surface area contributed by atoms with E-state index in [4.69, 9.17) is 10.3 Å². The van der Waals surface area contributed by atoms with E-state index in [-0.39, 0.29) is 6.04 Å². The summed E-state index contributed by atoms with van der Waals surface area (Å²) in [4.78, 5) is 0. The molecule has 2 aromatic rings. The maximum absolute atomic E-state index is 6.18. The van der Waals surface area contributed by atoms with Crippen molar-refractivity contribution in [2.45, 2.75) is 32.2 Å². The predicted molar refractivity (Wildman–Crippen MR) is 66.5 cm³/mol. The van der Waals surface area contributed by atoms with Crippen molar-refractivity contribution < 1.29 is 4.52 Å². The zero-order chi connectivity index (χ0) is 11.8. The van der Waals surface area contributed by atoms with Crippen LogP contribution in [0.25, 0.3) is 11.3 Å². The van der Waals surface area contributed by atoms with E-state index in [1.165, 1.54) is 5.56 Å². The Kier molecular flexibility index (Phi) is 2.48. The van der Waals surface area contributed by atoms with Crippen LogP contribution in [0.4, 0.5) is 0 Å². The van der Waals surface area contributed by atoms with Gasteiger partial charge in [0.2, 0.25) is 0 Å². The first-order valence-corrected chi connectivity index (χ1v) is 6.07. The number of hydrogen-bond donors (Lipinski definition) is 1. The molecule has 1 aliphatic carbocycles. The van der Waals surface area contributed by atoms with Crippen LogP contribution in [0.5, 0.6) is 0 Å². The molecule has 0 amide bonds. The van der Waals surface area contributed by atoms with Crippen LogP contribution in [0.2, 0.25) is 0 Å². The molecule has 0 saturated heterocycles. The Bertz CT molecular complexity index is 545. The second-order valence-electron chi connectivity index (χ2n) is 4.68. The topological polar surface area (TPSA) is 52.0 Å². The molecule has 1 aromatic carbocycles. The van der Waals surface area contributed by atoms with Crippen LogP contribution in [-0.4, -0.2) is 5.16 Å². The van der Waals surface area contributed by atoms with Crippen molar-refractivity contribution in [3.8, 4) is 11.3 Å². The number of nitrogens with two attached hydrogens (primary N) is 1. The van der Waals surface area contributed by atoms with Crippen LogP contribution in [0.3, 0.4) is 0 Å². The van der Waals surface area contributed by atoms with E-state index in [2.05, 4.69) is 24.2 Å². The summed E-state index contributed by atoms with van der Waals surface area (Å²) in [6.07, 6.45) is 3.07. The summed E-state index contributed by atoms with van der Waals surface area (Å²) in [6.45, 7) is 2.09. The van der Waals surface area contributed by atoms with Crippen molar-refractivity contribution in [3.05, 3.63) is 41.2 Å². The lowest BCUT2D eigenvalue weighted by atomic mass is 9.89. The fourth-order valence-electron chi connectivity index (χ4n) is 2.55. The fraction of sp³-hybridized carbons (Fsp3) is 0.357. The number of fused-ring (bicyclic) bond motifs is 1. The summed E-state index contributed by atoms with van der Waals surface area (Å²) in [6, 6.07) is 8.29. The van der Waals surface area contributed by atoms with Gasteiger partial charge in [-0.15, -0.1) is 0 Å². The molecule has 1 unspecified atom stereocenters. The van der Waals surface area contributed by atoms with Gasteiger partial charge in [0.25, 0.3) is 0 Å². The number of hydrogen-bond acceptors (Lipinski definition) is 3. The molecule has 1 aromatic heterocycles. The largest absolute Gasteiger partial charge is 0.360 e. The Morgan fingerprint density at radius 1 is 1.35 bits per heavy atom. The van der Waals surface area contributed by atoms with Gasteiger partial charge in [0.05, 0.1) is 0 Å². The first-order valence-electron chi connectivity index (χ1n) is 6.07. The van der Waals surface area contributed by atoms with Gasteiger partial charge >= 0.3 is 0 Å². The van der Waals surface area contributed by atoms with E-state index in [9.17, 15) is 0 Å². The molecule has 0 spiro atoms. The molecule has 88 valence electrons. The maximum atomic E-state index is 6.18. The van der Waals surface area contributed by atoms with Crippen molar-refractivity contribution in [1.29, 1.82) is 0 Å². The lowest BCUT2D eigenvalue weighted by Gasteiger charge is -2.17. The Hall–Kier alpha value is -1.61. The van der Waals surface area contributed by atoms with Crippen molar-refractivity contribution in [2.24, 2.45) is 5.73 Å². The van der Waals surface area contributed by atoms with Crippen molar-refractivity contribution in [2.75, 3.05) is 0 Å². The highest BCUT2D eigenvalue weighted by atomic mass is 16.5. The third kappa shape index (κ3) is 1.67. The van der Waals surface area contributed by atoms with Crippen LogP contribution < -0.4 is 5.73 Å². The molecule has 0 fully saturated rings. The Morgan fingerprint density at radius 3 is 3.00 bits per heavy atom. The van der Waals surface area contributed by atoms with Gasteiger partial charge in [0.15, 0.2) is 0 Å². The standard InChI is InChI=1S/C14H16N2O/c1-9-5-2-3-6-10(9)14-13-11(15)7-4-8-12(13)17-16-14/h2-3,5-6,11H,4,7-8,15H2,1H3. The second kappa shape index (κ2) is 4.00. The molecule has 1 aliphatic rings. The van der Waals surface area contributed by atoms with Gasteiger partial charge in [0, 0.05) is 23.6 Å². The molecule has 1 heterocycles. The quantitative estimate of drug-likeness (QED) is 0.816. The van der Waals surface area contributed by atoms with Gasteiger partial charge in [-0.1, -0.05) is 29.4 Å². The van der Waals surface area contributed by atoms with Crippen molar-refractivity contribution in [1.82, 2.24) is 5.16 Å². The number of aryl methyl sites for hydroxylation is 2. The third-order valence-electron chi connectivity index (χ3n) is 3.49. The molecule has 1 atom stereocenters. The number of rotatable bonds is 1. The minimum atomic E-state index is 0.0691. The summed E-state index contributed by atoms with van der Waals surface area (Å²) in [5, 5.41) is 4.22. The maximum Gasteiger partial charge on any atom is 0.142 e. The van der Waals surface area contributed by atoms with E-state index >= 15 is 0 Å². The minimum Gasteiger partial charge on any atom is -0.360 e. The molecular formula is C14H16N2O. The van der Waals surface area contributed by atoms with Gasteiger partial charge < -0.3 is 10.3 Å². The zero-order valence-electron chi connectivity index (χ0n) is 9.94. The van der Waals surface area contributed by atoms with Gasteiger partial charge in [0.1, 0.15) is 11.5 Å². The van der Waals surface area contributed by atoms with Crippen LogP contribution in [-0.2, 0) is 6.42 Å². The summed E-state index contributed by atoms with van der Waals surface area (Å²) in [5.41, 5.74) is 10.6. The molecule has 3 nitrogen and oxygen atoms in total. The molecule has 2 N–H and O–H groups in total. The average Bonchev–Trinajstić information content (AvgIpc) is 2.75. The van der Waals surface area contributed by atoms with Crippen LogP contribution >= 0.6 is 0 Å². The Labute approximate surface area is 101 Å². The monoisotopic (exact) mass is 228 g/mol. The van der Waals surface area contributed by atoms with Crippen molar-refractivity contribution >= 4 is 0 Å². The molecule has 0 radical (unpaired) electrons. The van der Waals surface area contributed by atoms with E-state index in [0.717, 1.165) is 41.8 Å². The average molecular weight is 228 g/mol. The van der Waals surface area contributed by atoms with Gasteiger partial charge in [-0.25, -0.2) is 0 Å². The number of benzene rings is 1. The fourth-order valence-corrected chi connectivity index (χ4v) is 2.55. The van der Waals surface area contributed by atoms with E-state index < -0.39 is 0 Å². The lowest BCUT2D eigenvalue weighted by Crippen LogP contribution is -2.16. The molecule has 0 aliphatic heterocycles. The third-order valence-corrected chi connectivity index (χ3v) is 3.49. The summed E-state index contributed by atoms with van der Waals surface area (Å²) in [7, 11) is 0. The highest BCUT2D eigenvalue weighted by Crippen LogP contribution is 2.36. The summed E-state index contributed by atoms with van der Waals surface area (Å²) < 4.78 is 5.44. The van der Waals surface area contributed by atoms with Crippen LogP contribution in [0.15, 0.2) is 28.8 Å². The van der Waals surface area contributed by atoms with Crippen molar-refractivity contribution in [3.63, 3.8) is 0 Å². The lowest BCUT2D eigenvalue weighted by molar-refractivity contribution is 0.366. The molecule has 3 rings (SSSR count). The Morgan fingerprint density at radius 2 is 2.18 bits per heavy atom. The number of nitrogens with zero attached hydrogens (tertiary/aromatic N) is 1. The SMILES string of the molecule is Cc1ccccc1-c1noc2c1C(N)CCC2. The minimum absolute atomic E-state index is 0.0691. The Balaban J connectivity index is 2.17. The van der Waals surface area contributed by atoms with Crippen LogP contribution in [0, 0.1) is 6.92 Å². The molecular weight excluding hydrogens is 212 g/mol. The van der Waals surface area contributed by atoms with E-state index in [1.807, 2.05) is 12.1 Å². The first kappa shape index (κ1) is 10.5. The first-order chi connectivity index (χ1) is 8.27. The second-order valence-corrected chi connectivity index (χ2v) is 4.68. The molecule has 3 heteroatoms. The zero-order valence-corrected chi connectivity index (χ0v) is 9.94. The number of aromatic nitrogens is 1. The molecule has 17 heavy (non-hydrogen) atoms.